The van der Waals surface area contributed by atoms with E-state index < -0.39 is 0 Å². The Morgan fingerprint density at radius 2 is 0.574 bits per heavy atom. The second-order valence-corrected chi connectivity index (χ2v) is 26.1. The zero-order valence-electron chi connectivity index (χ0n) is 45.5. The minimum Gasteiger partial charge on any atom is -0.0610 e. The Bertz CT molecular complexity index is 3460. The van der Waals surface area contributed by atoms with Crippen LogP contribution in [0, 0.1) is 0 Å². The van der Waals surface area contributed by atoms with Gasteiger partial charge in [-0.3, -0.25) is 0 Å². The fourth-order valence-electron chi connectivity index (χ4n) is 12.2. The second kappa shape index (κ2) is 16.2. The molecule has 10 aromatic carbocycles. The molecule has 0 N–H and O–H groups in total. The molecule has 0 atom stereocenters. The van der Waals surface area contributed by atoms with E-state index in [-0.39, 0.29) is 21.7 Å². The maximum atomic E-state index is 2.56. The van der Waals surface area contributed by atoms with Crippen molar-refractivity contribution in [3.05, 3.63) is 142 Å². The van der Waals surface area contributed by atoms with Gasteiger partial charge in [0.1, 0.15) is 0 Å². The Kier molecular flexibility index (Phi) is 11.4. The lowest BCUT2D eigenvalue weighted by Crippen LogP contribution is -2.19. The van der Waals surface area contributed by atoms with Crippen LogP contribution in [0.15, 0.2) is 97.1 Å². The fourth-order valence-corrected chi connectivity index (χ4v) is 12.2. The first kappa shape index (κ1) is 47.8. The molecule has 0 aromatic heterocycles. The van der Waals surface area contributed by atoms with Crippen LogP contribution in [0.3, 0.4) is 0 Å². The van der Waals surface area contributed by atoms with E-state index in [2.05, 4.69) is 236 Å². The van der Waals surface area contributed by atoms with Gasteiger partial charge in [-0.25, -0.2) is 0 Å². The van der Waals surface area contributed by atoms with Gasteiger partial charge in [0.2, 0.25) is 0 Å². The molecule has 0 aliphatic rings. The van der Waals surface area contributed by atoms with Gasteiger partial charge in [-0.2, -0.15) is 0 Å². The lowest BCUT2D eigenvalue weighted by molar-refractivity contribution is 0.579. The molecule has 352 valence electrons. The summed E-state index contributed by atoms with van der Waals surface area (Å²) in [6.45, 7) is 47.4. The number of hydrogen-bond acceptors (Lipinski definition) is 0. The Morgan fingerprint density at radius 3 is 0.956 bits per heavy atom. The zero-order valence-corrected chi connectivity index (χ0v) is 45.5. The van der Waals surface area contributed by atoms with Gasteiger partial charge in [-0.15, -0.1) is 0 Å². The van der Waals surface area contributed by atoms with Crippen molar-refractivity contribution < 1.29 is 0 Å². The number of fused-ring (bicyclic) bond motifs is 4. The van der Waals surface area contributed by atoms with E-state index in [1.807, 2.05) is 0 Å². The summed E-state index contributed by atoms with van der Waals surface area (Å²) in [5.41, 5.74) is 12.1. The largest absolute Gasteiger partial charge is 0.0610 e. The molecule has 0 fully saturated rings. The minimum atomic E-state index is 0.0573. The van der Waals surface area contributed by atoms with E-state index in [4.69, 9.17) is 0 Å². The van der Waals surface area contributed by atoms with Crippen molar-refractivity contribution in [2.75, 3.05) is 0 Å². The smallest absolute Gasteiger partial charge is 0.00147 e. The Labute approximate surface area is 409 Å². The van der Waals surface area contributed by atoms with Gasteiger partial charge in [-0.05, 0) is 176 Å². The zero-order chi connectivity index (χ0) is 49.5. The van der Waals surface area contributed by atoms with Crippen molar-refractivity contribution in [1.29, 1.82) is 0 Å². The van der Waals surface area contributed by atoms with Gasteiger partial charge in [0.15, 0.2) is 0 Å². The number of benzene rings is 10. The quantitative estimate of drug-likeness (QED) is 0.122. The van der Waals surface area contributed by atoms with Crippen LogP contribution in [0.1, 0.15) is 207 Å². The van der Waals surface area contributed by atoms with Gasteiger partial charge in [0.05, 0.1) is 0 Å². The summed E-state index contributed by atoms with van der Waals surface area (Å²) in [5.74, 6) is 1.84. The molecule has 0 heteroatoms. The average molecular weight is 897 g/mol. The van der Waals surface area contributed by atoms with Crippen molar-refractivity contribution in [2.45, 2.75) is 184 Å². The normalized spacial score (nSPS) is 13.5. The maximum absolute atomic E-state index is 2.56. The lowest BCUT2D eigenvalue weighted by atomic mass is 9.71. The molecule has 0 nitrogen and oxygen atoms in total. The molecule has 0 saturated carbocycles. The van der Waals surface area contributed by atoms with E-state index in [1.165, 1.54) is 131 Å². The Morgan fingerprint density at radius 1 is 0.250 bits per heavy atom. The van der Waals surface area contributed by atoms with Crippen LogP contribution in [-0.2, 0) is 21.7 Å². The molecule has 0 unspecified atom stereocenters. The van der Waals surface area contributed by atoms with E-state index in [9.17, 15) is 0 Å². The predicted octanol–water partition coefficient (Wildman–Crippen LogP) is 21.2. The highest BCUT2D eigenvalue weighted by Crippen LogP contribution is 2.53. The lowest BCUT2D eigenvalue weighted by Gasteiger charge is -2.33. The van der Waals surface area contributed by atoms with Gasteiger partial charge >= 0.3 is 0 Å². The molecule has 0 saturated heterocycles. The van der Waals surface area contributed by atoms with Crippen LogP contribution in [0.2, 0.25) is 0 Å². The third-order valence-corrected chi connectivity index (χ3v) is 15.6. The molecule has 0 heterocycles. The highest BCUT2D eigenvalue weighted by Gasteiger charge is 2.32. The van der Waals surface area contributed by atoms with Crippen molar-refractivity contribution in [3.63, 3.8) is 0 Å². The molecule has 0 amide bonds. The molecule has 0 aliphatic carbocycles. The summed E-state index contributed by atoms with van der Waals surface area (Å²) in [6.07, 6.45) is 0. The molecule has 68 heavy (non-hydrogen) atoms. The van der Waals surface area contributed by atoms with Crippen LogP contribution < -0.4 is 0 Å². The summed E-state index contributed by atoms with van der Waals surface area (Å²) in [5, 5.41) is 23.1. The van der Waals surface area contributed by atoms with Crippen LogP contribution in [0.25, 0.3) is 86.2 Å². The summed E-state index contributed by atoms with van der Waals surface area (Å²) >= 11 is 0. The van der Waals surface area contributed by atoms with Crippen LogP contribution in [0.4, 0.5) is 0 Å². The molecular formula is C68H80. The molecule has 0 bridgehead atoms. The van der Waals surface area contributed by atoms with Gasteiger partial charge in [-0.1, -0.05) is 236 Å². The monoisotopic (exact) mass is 897 g/mol. The Balaban J connectivity index is 0.000000170. The molecule has 0 spiro atoms. The topological polar surface area (TPSA) is 0 Å². The van der Waals surface area contributed by atoms with E-state index in [0.717, 1.165) is 0 Å². The van der Waals surface area contributed by atoms with E-state index in [0.29, 0.717) is 23.7 Å². The van der Waals surface area contributed by atoms with Gasteiger partial charge in [0, 0.05) is 0 Å². The van der Waals surface area contributed by atoms with Crippen molar-refractivity contribution in [2.24, 2.45) is 0 Å². The Hall–Kier alpha value is -5.20. The number of hydrogen-bond donors (Lipinski definition) is 0. The van der Waals surface area contributed by atoms with E-state index in [1.54, 1.807) is 0 Å². The van der Waals surface area contributed by atoms with Gasteiger partial charge in [0.25, 0.3) is 0 Å². The second-order valence-electron chi connectivity index (χ2n) is 26.1. The molecule has 10 rings (SSSR count). The van der Waals surface area contributed by atoms with Crippen molar-refractivity contribution >= 4 is 86.2 Å². The van der Waals surface area contributed by atoms with Crippen molar-refractivity contribution in [1.82, 2.24) is 0 Å². The fraction of sp³-hybridized carbons (Fsp3) is 0.412. The van der Waals surface area contributed by atoms with Crippen molar-refractivity contribution in [3.8, 4) is 0 Å². The average Bonchev–Trinajstić information content (AvgIpc) is 3.24. The molecule has 0 radical (unpaired) electrons. The van der Waals surface area contributed by atoms with Gasteiger partial charge < -0.3 is 0 Å². The summed E-state index contributed by atoms with van der Waals surface area (Å²) in [7, 11) is 0. The SMILES string of the molecule is CC(C)c1cc(C(C)(C)C)c2c(C(C)(C)C)cc(C(C)C)c3c4cccc5cccc(c1c23)c54.CC(C)c1ccc2cccc3c4c(C(C)C)cc(C(C)(C)C)c5c(C(C)(C)C)ccc(c1c23)c54. The first-order valence-electron chi connectivity index (χ1n) is 26.1. The minimum absolute atomic E-state index is 0.0573. The predicted molar refractivity (Wildman–Crippen MR) is 306 cm³/mol. The van der Waals surface area contributed by atoms with Crippen LogP contribution >= 0.6 is 0 Å². The number of rotatable bonds is 4. The van der Waals surface area contributed by atoms with Crippen LogP contribution in [0.5, 0.6) is 0 Å². The molecular weight excluding hydrogens is 817 g/mol. The first-order valence-corrected chi connectivity index (χ1v) is 26.1. The van der Waals surface area contributed by atoms with Crippen LogP contribution in [-0.4, -0.2) is 0 Å². The standard InChI is InChI=1S/2C34H40/c1-19(2)24-17-26(33(5,6)7)31-27(34(8,9)10)18-25(20(3)4)30-23-16-12-14-21-13-11-15-22(28(21)23)29(24)32(30)31;1-19(2)22-15-14-21-12-11-13-23-28(21)29(22)24-16-17-26(33(5,6)7)32-27(34(8,9)10)18-25(20(3)4)30(23)31(24)32/h2*11-20H,1-10H3. The maximum Gasteiger partial charge on any atom is -0.00147 e. The first-order chi connectivity index (χ1) is 31.6. The molecule has 0 aliphatic heterocycles. The third-order valence-electron chi connectivity index (χ3n) is 15.6. The summed E-state index contributed by atoms with van der Waals surface area (Å²) < 4.78 is 0. The highest BCUT2D eigenvalue weighted by atomic mass is 14.4. The highest BCUT2D eigenvalue weighted by molar-refractivity contribution is 6.36. The van der Waals surface area contributed by atoms with E-state index >= 15 is 0 Å². The summed E-state index contributed by atoms with van der Waals surface area (Å²) in [6, 6.07) is 38.0. The molecule has 10 aromatic rings. The summed E-state index contributed by atoms with van der Waals surface area (Å²) in [4.78, 5) is 0. The third kappa shape index (κ3) is 7.45.